The second kappa shape index (κ2) is 13.8. The Kier molecular flexibility index (Phi) is 12.7. The maximum Gasteiger partial charge on any atom is 0.515 e. The molecule has 0 heterocycles. The summed E-state index contributed by atoms with van der Waals surface area (Å²) >= 11 is 10.1. The number of thiocarbonyl (C=S) groups is 1. The molecule has 158 valence electrons. The van der Waals surface area contributed by atoms with E-state index in [0.29, 0.717) is 49.2 Å². The van der Waals surface area contributed by atoms with Gasteiger partial charge < -0.3 is 18.0 Å². The monoisotopic (exact) mass is 508 g/mol. The lowest BCUT2D eigenvalue weighted by Crippen LogP contribution is -2.55. The van der Waals surface area contributed by atoms with Crippen molar-refractivity contribution in [2.45, 2.75) is 45.4 Å². The van der Waals surface area contributed by atoms with Crippen LogP contribution in [-0.4, -0.2) is 50.3 Å². The third kappa shape index (κ3) is 8.21. The van der Waals surface area contributed by atoms with Gasteiger partial charge in [-0.3, -0.25) is 4.79 Å². The fourth-order valence-corrected chi connectivity index (χ4v) is 8.29. The van der Waals surface area contributed by atoms with E-state index in [1.54, 1.807) is 0 Å². The van der Waals surface area contributed by atoms with Crippen LogP contribution in [0.2, 0.25) is 0 Å². The molecule has 0 radical (unpaired) electrons. The van der Waals surface area contributed by atoms with Gasteiger partial charge in [0.05, 0.1) is 11.5 Å². The van der Waals surface area contributed by atoms with Gasteiger partial charge in [0.15, 0.2) is 5.78 Å². The lowest BCUT2D eigenvalue weighted by atomic mass is 10.1. The second-order valence-corrected chi connectivity index (χ2v) is 11.6. The summed E-state index contributed by atoms with van der Waals surface area (Å²) in [4.78, 5) is 12.5. The van der Waals surface area contributed by atoms with Crippen molar-refractivity contribution in [3.05, 3.63) is 34.3 Å². The van der Waals surface area contributed by atoms with E-state index in [4.69, 9.17) is 30.2 Å². The van der Waals surface area contributed by atoms with Gasteiger partial charge in [-0.05, 0) is 58.5 Å². The van der Waals surface area contributed by atoms with Gasteiger partial charge in [-0.25, -0.2) is 0 Å². The molecular weight excluding hydrogens is 480 g/mol. The maximum atomic E-state index is 12.7. The van der Waals surface area contributed by atoms with Crippen molar-refractivity contribution in [2.75, 3.05) is 26.4 Å². The normalized spacial score (nSPS) is 12.6. The number of carbonyl (C=O) groups excluding carboxylic acids is 1. The summed E-state index contributed by atoms with van der Waals surface area (Å²) in [6.07, 6.45) is 0.870. The minimum Gasteiger partial charge on any atom is -0.479 e. The highest BCUT2D eigenvalue weighted by molar-refractivity contribution is 9.10. The third-order valence-corrected chi connectivity index (χ3v) is 9.87. The van der Waals surface area contributed by atoms with Gasteiger partial charge in [-0.2, -0.15) is 0 Å². The Balaban J connectivity index is 3.02. The molecule has 1 aromatic rings. The Hall–Kier alpha value is -0.293. The molecule has 0 spiro atoms. The van der Waals surface area contributed by atoms with Crippen molar-refractivity contribution < 1.29 is 22.8 Å². The molecule has 28 heavy (non-hydrogen) atoms. The molecule has 0 aliphatic carbocycles. The average molecular weight is 510 g/mol. The largest absolute Gasteiger partial charge is 0.515 e. The molecule has 0 aliphatic heterocycles. The lowest BCUT2D eigenvalue weighted by Gasteiger charge is -2.34. The molecule has 1 aromatic carbocycles. The van der Waals surface area contributed by atoms with Crippen LogP contribution >= 0.6 is 39.9 Å². The summed E-state index contributed by atoms with van der Waals surface area (Å²) in [5.74, 6) is 0.0628. The molecular formula is C19H29BrO5S2Si. The van der Waals surface area contributed by atoms with Crippen molar-refractivity contribution in [1.82, 2.24) is 0 Å². The van der Waals surface area contributed by atoms with Crippen molar-refractivity contribution in [3.8, 4) is 0 Å². The quantitative estimate of drug-likeness (QED) is 0.200. The number of thioether (sulfide) groups is 1. The molecule has 0 fully saturated rings. The maximum absolute atomic E-state index is 12.7. The van der Waals surface area contributed by atoms with Crippen LogP contribution in [0.3, 0.4) is 0 Å². The highest BCUT2D eigenvalue weighted by Crippen LogP contribution is 2.32. The number of Topliss-reactive ketones (excluding diaryl/α,β-unsaturated/α-hetero) is 1. The number of benzene rings is 1. The Morgan fingerprint density at radius 1 is 1.04 bits per heavy atom. The van der Waals surface area contributed by atoms with Crippen molar-refractivity contribution in [3.63, 3.8) is 0 Å². The molecule has 1 rings (SSSR count). The molecule has 1 unspecified atom stereocenters. The Bertz CT molecular complexity index is 598. The SMILES string of the molecule is CCOC(=S)SC(CCC(=O)c1ccc(Br)cc1)[Si](OCC)(OCC)OCC. The summed E-state index contributed by atoms with van der Waals surface area (Å²) in [6.45, 7) is 9.50. The van der Waals surface area contributed by atoms with Gasteiger partial charge in [0.1, 0.15) is 0 Å². The zero-order chi connectivity index (χ0) is 21.0. The molecule has 0 N–H and O–H groups in total. The summed E-state index contributed by atoms with van der Waals surface area (Å²) < 4.78 is 25.0. The zero-order valence-corrected chi connectivity index (χ0v) is 21.1. The van der Waals surface area contributed by atoms with E-state index in [0.717, 1.165) is 4.47 Å². The number of ketones is 1. The highest BCUT2D eigenvalue weighted by Gasteiger charge is 2.50. The number of ether oxygens (including phenoxy) is 1. The van der Waals surface area contributed by atoms with Crippen LogP contribution in [0.25, 0.3) is 0 Å². The Labute approximate surface area is 187 Å². The fraction of sp³-hybridized carbons (Fsp3) is 0.579. The highest BCUT2D eigenvalue weighted by atomic mass is 79.9. The van der Waals surface area contributed by atoms with Crippen LogP contribution in [0.15, 0.2) is 28.7 Å². The molecule has 0 saturated carbocycles. The smallest absolute Gasteiger partial charge is 0.479 e. The predicted octanol–water partition coefficient (Wildman–Crippen LogP) is 5.42. The van der Waals surface area contributed by atoms with Crippen molar-refractivity contribution >= 4 is 58.9 Å². The minimum absolute atomic E-state index is 0.0628. The van der Waals surface area contributed by atoms with Gasteiger partial charge in [-0.1, -0.05) is 39.8 Å². The van der Waals surface area contributed by atoms with E-state index in [-0.39, 0.29) is 10.7 Å². The Morgan fingerprint density at radius 3 is 2.04 bits per heavy atom. The van der Waals surface area contributed by atoms with Crippen LogP contribution in [0.1, 0.15) is 50.9 Å². The van der Waals surface area contributed by atoms with E-state index in [1.165, 1.54) is 11.8 Å². The minimum atomic E-state index is -3.06. The molecule has 0 bridgehead atoms. The Morgan fingerprint density at radius 2 is 1.57 bits per heavy atom. The molecule has 0 aliphatic rings. The van der Waals surface area contributed by atoms with Crippen LogP contribution < -0.4 is 0 Å². The zero-order valence-electron chi connectivity index (χ0n) is 16.9. The lowest BCUT2D eigenvalue weighted by molar-refractivity contribution is 0.0685. The third-order valence-electron chi connectivity index (χ3n) is 3.73. The first-order valence-corrected chi connectivity index (χ1v) is 13.3. The predicted molar refractivity (Wildman–Crippen MR) is 124 cm³/mol. The van der Waals surface area contributed by atoms with E-state index in [1.807, 2.05) is 52.0 Å². The first-order chi connectivity index (χ1) is 13.4. The van der Waals surface area contributed by atoms with Crippen LogP contribution in [0, 0.1) is 0 Å². The molecule has 9 heteroatoms. The molecule has 0 amide bonds. The topological polar surface area (TPSA) is 54.0 Å². The van der Waals surface area contributed by atoms with E-state index < -0.39 is 8.80 Å². The molecule has 1 atom stereocenters. The van der Waals surface area contributed by atoms with E-state index >= 15 is 0 Å². The van der Waals surface area contributed by atoms with Crippen molar-refractivity contribution in [2.24, 2.45) is 0 Å². The number of hydrogen-bond donors (Lipinski definition) is 0. The van der Waals surface area contributed by atoms with Crippen LogP contribution in [0.4, 0.5) is 0 Å². The fourth-order valence-electron chi connectivity index (χ4n) is 2.63. The van der Waals surface area contributed by atoms with Crippen molar-refractivity contribution in [1.29, 1.82) is 0 Å². The van der Waals surface area contributed by atoms with Gasteiger partial charge in [0.25, 0.3) is 0 Å². The van der Waals surface area contributed by atoms with Crippen LogP contribution in [0.5, 0.6) is 0 Å². The van der Waals surface area contributed by atoms with E-state index in [2.05, 4.69) is 15.9 Å². The molecule has 0 aromatic heterocycles. The number of halogens is 1. The summed E-state index contributed by atoms with van der Waals surface area (Å²) in [6, 6.07) is 7.36. The first kappa shape index (κ1) is 25.7. The summed E-state index contributed by atoms with van der Waals surface area (Å²) in [7, 11) is -3.06. The number of hydrogen-bond acceptors (Lipinski definition) is 7. The second-order valence-electron chi connectivity index (χ2n) is 5.66. The standard InChI is InChI=1S/C19H29BrO5S2Si/c1-5-22-19(26)27-18(28(23-6-2,24-7-3)25-8-4)14-13-17(21)15-9-11-16(20)12-10-15/h9-12,18H,5-8,13-14H2,1-4H3. The van der Waals surface area contributed by atoms with Gasteiger partial charge >= 0.3 is 8.80 Å². The average Bonchev–Trinajstić information content (AvgIpc) is 2.66. The van der Waals surface area contributed by atoms with Gasteiger partial charge in [-0.15, -0.1) is 0 Å². The number of carbonyl (C=O) groups is 1. The first-order valence-electron chi connectivity index (χ1n) is 9.46. The van der Waals surface area contributed by atoms with E-state index in [9.17, 15) is 4.79 Å². The summed E-state index contributed by atoms with van der Waals surface area (Å²) in [5, 5.41) is 0. The van der Waals surface area contributed by atoms with Gasteiger partial charge in [0, 0.05) is 36.3 Å². The molecule has 5 nitrogen and oxygen atoms in total. The number of rotatable bonds is 13. The molecule has 0 saturated heterocycles. The van der Waals surface area contributed by atoms with Gasteiger partial charge in [0.2, 0.25) is 4.38 Å². The summed E-state index contributed by atoms with van der Waals surface area (Å²) in [5.41, 5.74) is 0.677. The van der Waals surface area contributed by atoms with Crippen LogP contribution in [-0.2, 0) is 18.0 Å².